The molecule has 0 aromatic heterocycles. The number of rotatable bonds is 9. The van der Waals surface area contributed by atoms with Gasteiger partial charge in [-0.15, -0.1) is 0 Å². The van der Waals surface area contributed by atoms with Crippen molar-refractivity contribution in [2.75, 3.05) is 5.32 Å². The Morgan fingerprint density at radius 1 is 1.11 bits per heavy atom. The molecule has 0 unspecified atom stereocenters. The summed E-state index contributed by atoms with van der Waals surface area (Å²) in [7, 11) is 0. The summed E-state index contributed by atoms with van der Waals surface area (Å²) in [6.07, 6.45) is 9.35. The van der Waals surface area contributed by atoms with Crippen LogP contribution in [0.15, 0.2) is 24.3 Å². The van der Waals surface area contributed by atoms with Crippen LogP contribution in [0.5, 0.6) is 0 Å². The van der Waals surface area contributed by atoms with Crippen LogP contribution in [0.25, 0.3) is 0 Å². The van der Waals surface area contributed by atoms with E-state index in [1.807, 2.05) is 24.3 Å². The van der Waals surface area contributed by atoms with Crippen LogP contribution in [0.4, 0.5) is 5.69 Å². The second-order valence-electron chi connectivity index (χ2n) is 4.93. The van der Waals surface area contributed by atoms with Crippen LogP contribution in [0.3, 0.4) is 0 Å². The Balaban J connectivity index is 2.08. The van der Waals surface area contributed by atoms with Crippen molar-refractivity contribution in [2.24, 2.45) is 0 Å². The molecule has 0 saturated carbocycles. The normalized spacial score (nSPS) is 10.4. The third kappa shape index (κ3) is 8.24. The minimum atomic E-state index is 0.135. The second kappa shape index (κ2) is 10.2. The quantitative estimate of drug-likeness (QED) is 0.458. The summed E-state index contributed by atoms with van der Waals surface area (Å²) in [5.74, 6) is 0.135. The molecule has 0 atom stereocenters. The maximum atomic E-state index is 11.7. The summed E-state index contributed by atoms with van der Waals surface area (Å²) in [6.45, 7) is 2.23. The highest BCUT2D eigenvalue weighted by Crippen LogP contribution is 2.13. The molecule has 19 heavy (non-hydrogen) atoms. The number of anilines is 1. The average Bonchev–Trinajstić information content (AvgIpc) is 2.37. The number of hydrogen-bond acceptors (Lipinski definition) is 1. The fraction of sp³-hybridized carbons (Fsp3) is 0.562. The molecule has 0 spiro atoms. The molecular formula is C16H24INO. The number of halogens is 1. The van der Waals surface area contributed by atoms with Crippen molar-refractivity contribution in [3.63, 3.8) is 0 Å². The van der Waals surface area contributed by atoms with E-state index in [4.69, 9.17) is 0 Å². The zero-order valence-corrected chi connectivity index (χ0v) is 13.9. The molecule has 0 fully saturated rings. The first-order valence-electron chi connectivity index (χ1n) is 7.28. The molecule has 106 valence electrons. The van der Waals surface area contributed by atoms with Crippen LogP contribution in [0.1, 0.15) is 58.3 Å². The first kappa shape index (κ1) is 16.5. The van der Waals surface area contributed by atoms with Gasteiger partial charge in [0.25, 0.3) is 0 Å². The van der Waals surface area contributed by atoms with Gasteiger partial charge in [-0.2, -0.15) is 0 Å². The van der Waals surface area contributed by atoms with Gasteiger partial charge in [-0.3, -0.25) is 4.79 Å². The highest BCUT2D eigenvalue weighted by Gasteiger charge is 2.02. The second-order valence-corrected chi connectivity index (χ2v) is 6.18. The van der Waals surface area contributed by atoms with Gasteiger partial charge in [-0.25, -0.2) is 0 Å². The highest BCUT2D eigenvalue weighted by molar-refractivity contribution is 14.1. The molecular weight excluding hydrogens is 349 g/mol. The van der Waals surface area contributed by atoms with E-state index in [1.54, 1.807) is 0 Å². The maximum absolute atomic E-state index is 11.7. The van der Waals surface area contributed by atoms with Crippen LogP contribution >= 0.6 is 22.6 Å². The first-order chi connectivity index (χ1) is 9.22. The Bertz CT molecular complexity index is 379. The lowest BCUT2D eigenvalue weighted by Crippen LogP contribution is -2.11. The predicted molar refractivity (Wildman–Crippen MR) is 90.4 cm³/mol. The van der Waals surface area contributed by atoms with E-state index in [9.17, 15) is 4.79 Å². The van der Waals surface area contributed by atoms with Crippen LogP contribution in [0, 0.1) is 3.57 Å². The van der Waals surface area contributed by atoms with Gasteiger partial charge in [0, 0.05) is 15.7 Å². The standard InChI is InChI=1S/C16H24INO/c1-2-3-4-5-6-7-8-12-16(19)18-15-11-9-10-14(17)13-15/h9-11,13H,2-8,12H2,1H3,(H,18,19). The van der Waals surface area contributed by atoms with Gasteiger partial charge in [0.05, 0.1) is 0 Å². The number of benzene rings is 1. The zero-order valence-electron chi connectivity index (χ0n) is 11.8. The molecule has 0 bridgehead atoms. The van der Waals surface area contributed by atoms with Crippen molar-refractivity contribution in [1.29, 1.82) is 0 Å². The van der Waals surface area contributed by atoms with E-state index in [2.05, 4.69) is 34.8 Å². The van der Waals surface area contributed by atoms with Crippen molar-refractivity contribution >= 4 is 34.2 Å². The summed E-state index contributed by atoms with van der Waals surface area (Å²) in [5.41, 5.74) is 0.903. The topological polar surface area (TPSA) is 29.1 Å². The summed E-state index contributed by atoms with van der Waals surface area (Å²) in [5, 5.41) is 2.95. The van der Waals surface area contributed by atoms with Crippen molar-refractivity contribution in [3.05, 3.63) is 27.8 Å². The lowest BCUT2D eigenvalue weighted by atomic mass is 10.1. The van der Waals surface area contributed by atoms with Crippen molar-refractivity contribution in [3.8, 4) is 0 Å². The number of amides is 1. The molecule has 0 radical (unpaired) electrons. The van der Waals surface area contributed by atoms with Crippen molar-refractivity contribution in [2.45, 2.75) is 58.3 Å². The summed E-state index contributed by atoms with van der Waals surface area (Å²) < 4.78 is 1.14. The number of nitrogens with one attached hydrogen (secondary N) is 1. The molecule has 1 N–H and O–H groups in total. The molecule has 2 nitrogen and oxygen atoms in total. The largest absolute Gasteiger partial charge is 0.326 e. The van der Waals surface area contributed by atoms with Gasteiger partial charge in [0.2, 0.25) is 5.91 Å². The van der Waals surface area contributed by atoms with Gasteiger partial charge < -0.3 is 5.32 Å². The molecule has 1 aromatic carbocycles. The molecule has 0 aliphatic rings. The van der Waals surface area contributed by atoms with E-state index in [0.29, 0.717) is 6.42 Å². The van der Waals surface area contributed by atoms with Crippen molar-refractivity contribution in [1.82, 2.24) is 0 Å². The predicted octanol–water partition coefficient (Wildman–Crippen LogP) is 5.37. The fourth-order valence-corrected chi connectivity index (χ4v) is 2.58. The molecule has 0 aliphatic heterocycles. The van der Waals surface area contributed by atoms with E-state index in [-0.39, 0.29) is 5.91 Å². The van der Waals surface area contributed by atoms with Gasteiger partial charge in [0.1, 0.15) is 0 Å². The third-order valence-corrected chi connectivity index (χ3v) is 3.79. The lowest BCUT2D eigenvalue weighted by Gasteiger charge is -2.05. The van der Waals surface area contributed by atoms with Gasteiger partial charge in [-0.1, -0.05) is 51.5 Å². The van der Waals surface area contributed by atoms with E-state index in [1.165, 1.54) is 38.5 Å². The lowest BCUT2D eigenvalue weighted by molar-refractivity contribution is -0.116. The maximum Gasteiger partial charge on any atom is 0.224 e. The van der Waals surface area contributed by atoms with E-state index in [0.717, 1.165) is 15.7 Å². The molecule has 1 rings (SSSR count). The minimum Gasteiger partial charge on any atom is -0.326 e. The fourth-order valence-electron chi connectivity index (χ4n) is 2.03. The zero-order chi connectivity index (χ0) is 13.9. The summed E-state index contributed by atoms with van der Waals surface area (Å²) >= 11 is 2.25. The number of carbonyl (C=O) groups is 1. The Morgan fingerprint density at radius 3 is 2.47 bits per heavy atom. The van der Waals surface area contributed by atoms with Gasteiger partial charge in [-0.05, 0) is 47.2 Å². The van der Waals surface area contributed by atoms with Crippen LogP contribution in [0.2, 0.25) is 0 Å². The number of unbranched alkanes of at least 4 members (excludes halogenated alkanes) is 6. The summed E-state index contributed by atoms with van der Waals surface area (Å²) in [6, 6.07) is 7.91. The SMILES string of the molecule is CCCCCCCCCC(=O)Nc1cccc(I)c1. The van der Waals surface area contributed by atoms with Gasteiger partial charge >= 0.3 is 0 Å². The smallest absolute Gasteiger partial charge is 0.224 e. The third-order valence-electron chi connectivity index (χ3n) is 3.12. The molecule has 1 amide bonds. The minimum absolute atomic E-state index is 0.135. The van der Waals surface area contributed by atoms with Gasteiger partial charge in [0.15, 0.2) is 0 Å². The highest BCUT2D eigenvalue weighted by atomic mass is 127. The molecule has 3 heteroatoms. The van der Waals surface area contributed by atoms with E-state index >= 15 is 0 Å². The van der Waals surface area contributed by atoms with Crippen molar-refractivity contribution < 1.29 is 4.79 Å². The average molecular weight is 373 g/mol. The summed E-state index contributed by atoms with van der Waals surface area (Å²) in [4.78, 5) is 11.7. The molecule has 1 aromatic rings. The number of carbonyl (C=O) groups excluding carboxylic acids is 1. The number of hydrogen-bond donors (Lipinski definition) is 1. The Hall–Kier alpha value is -0.580. The molecule has 0 aliphatic carbocycles. The Morgan fingerprint density at radius 2 is 1.79 bits per heavy atom. The van der Waals surface area contributed by atoms with Crippen LogP contribution in [-0.4, -0.2) is 5.91 Å². The molecule has 0 saturated heterocycles. The first-order valence-corrected chi connectivity index (χ1v) is 8.35. The monoisotopic (exact) mass is 373 g/mol. The van der Waals surface area contributed by atoms with Crippen LogP contribution in [-0.2, 0) is 4.79 Å². The van der Waals surface area contributed by atoms with E-state index < -0.39 is 0 Å². The Labute approximate surface area is 130 Å². The Kier molecular flexibility index (Phi) is 8.88. The molecule has 0 heterocycles. The van der Waals surface area contributed by atoms with Crippen LogP contribution < -0.4 is 5.32 Å².